The summed E-state index contributed by atoms with van der Waals surface area (Å²) in [6.45, 7) is 4.12. The third kappa shape index (κ3) is 2.00. The molecule has 2 N–H and O–H groups in total. The summed E-state index contributed by atoms with van der Waals surface area (Å²) < 4.78 is 0. The molecule has 0 spiro atoms. The first-order chi connectivity index (χ1) is 10.5. The van der Waals surface area contributed by atoms with Gasteiger partial charge in [0.05, 0.1) is 11.2 Å². The Labute approximate surface area is 133 Å². The van der Waals surface area contributed by atoms with Crippen LogP contribution in [-0.2, 0) is 0 Å². The molecule has 1 saturated carbocycles. The van der Waals surface area contributed by atoms with Gasteiger partial charge in [0, 0.05) is 17.3 Å². The summed E-state index contributed by atoms with van der Waals surface area (Å²) in [7, 11) is 0. The largest absolute Gasteiger partial charge is 0.384 e. The molecular weight excluding hydrogens is 272 g/mol. The highest BCUT2D eigenvalue weighted by Gasteiger charge is 2.63. The monoisotopic (exact) mass is 300 g/mol. The molecule has 0 heterocycles. The molecule has 0 radical (unpaired) electrons. The van der Waals surface area contributed by atoms with Crippen LogP contribution in [0, 0.1) is 17.3 Å². The maximum Gasteiger partial charge on any atom is 0.0977 e. The summed E-state index contributed by atoms with van der Waals surface area (Å²) in [5.74, 6) is 0.0114. The van der Waals surface area contributed by atoms with Crippen molar-refractivity contribution in [3.8, 4) is 0 Å². The summed E-state index contributed by atoms with van der Waals surface area (Å²) in [6.07, 6.45) is 20.9. The van der Waals surface area contributed by atoms with E-state index in [2.05, 4.69) is 26.0 Å². The highest BCUT2D eigenvalue weighted by atomic mass is 16.3. The molecule has 0 bridgehead atoms. The fraction of sp³-hybridized carbons (Fsp3) is 0.600. The van der Waals surface area contributed by atoms with E-state index in [4.69, 9.17) is 0 Å². The lowest BCUT2D eigenvalue weighted by Gasteiger charge is -2.60. The first-order valence-electron chi connectivity index (χ1n) is 8.63. The summed E-state index contributed by atoms with van der Waals surface area (Å²) in [5, 5.41) is 23.4. The third-order valence-corrected chi connectivity index (χ3v) is 6.35. The molecule has 3 rings (SSSR count). The average Bonchev–Trinajstić information content (AvgIpc) is 2.54. The average molecular weight is 300 g/mol. The molecule has 0 aromatic heterocycles. The van der Waals surface area contributed by atoms with Gasteiger partial charge in [-0.3, -0.25) is 0 Å². The fourth-order valence-corrected chi connectivity index (χ4v) is 4.93. The topological polar surface area (TPSA) is 40.5 Å². The van der Waals surface area contributed by atoms with Crippen LogP contribution in [0.5, 0.6) is 0 Å². The zero-order valence-electron chi connectivity index (χ0n) is 13.7. The van der Waals surface area contributed by atoms with Crippen LogP contribution in [0.2, 0.25) is 0 Å². The van der Waals surface area contributed by atoms with Crippen molar-refractivity contribution >= 4 is 0 Å². The predicted octanol–water partition coefficient (Wildman–Crippen LogP) is 3.92. The molecular formula is C20H28O2. The maximum absolute atomic E-state index is 11.7. The standard InChI is InChI=1S/C20H28O2/c1-16-10-4-8-14-19(16,21)18(12-6-3-7-13-18)20(22)15-9-5-11-17(20)2/h4-5,8-11,14-17,21-22H,3,6-7,12-13H2,1-2H3/t16-,17+,19-,20-/m1/s1. The van der Waals surface area contributed by atoms with Gasteiger partial charge in [-0.25, -0.2) is 0 Å². The molecule has 120 valence electrons. The van der Waals surface area contributed by atoms with Crippen LogP contribution in [0.1, 0.15) is 46.0 Å². The quantitative estimate of drug-likeness (QED) is 0.811. The van der Waals surface area contributed by atoms with Crippen molar-refractivity contribution in [2.24, 2.45) is 17.3 Å². The number of hydrogen-bond acceptors (Lipinski definition) is 2. The number of rotatable bonds is 2. The van der Waals surface area contributed by atoms with Crippen LogP contribution < -0.4 is 0 Å². The molecule has 3 aliphatic carbocycles. The van der Waals surface area contributed by atoms with Gasteiger partial charge in [0.25, 0.3) is 0 Å². The molecule has 2 nitrogen and oxygen atoms in total. The summed E-state index contributed by atoms with van der Waals surface area (Å²) in [5.41, 5.74) is -2.53. The Morgan fingerprint density at radius 2 is 1.18 bits per heavy atom. The Bertz CT molecular complexity index is 494. The number of hydrogen-bond donors (Lipinski definition) is 2. The molecule has 0 aliphatic heterocycles. The Morgan fingerprint density at radius 1 is 0.727 bits per heavy atom. The number of aliphatic hydroxyl groups is 2. The first-order valence-corrected chi connectivity index (χ1v) is 8.63. The lowest BCUT2D eigenvalue weighted by atomic mass is 9.48. The van der Waals surface area contributed by atoms with Crippen molar-refractivity contribution < 1.29 is 10.2 Å². The van der Waals surface area contributed by atoms with Gasteiger partial charge in [0.15, 0.2) is 0 Å². The van der Waals surface area contributed by atoms with Gasteiger partial charge >= 0.3 is 0 Å². The molecule has 0 aromatic rings. The van der Waals surface area contributed by atoms with Gasteiger partial charge in [-0.2, -0.15) is 0 Å². The van der Waals surface area contributed by atoms with E-state index in [-0.39, 0.29) is 11.8 Å². The lowest BCUT2D eigenvalue weighted by Crippen LogP contribution is -2.66. The second kappa shape index (κ2) is 5.50. The molecule has 4 atom stereocenters. The molecule has 2 heteroatoms. The van der Waals surface area contributed by atoms with Crippen LogP contribution in [0.25, 0.3) is 0 Å². The molecule has 22 heavy (non-hydrogen) atoms. The van der Waals surface area contributed by atoms with Gasteiger partial charge < -0.3 is 10.2 Å². The van der Waals surface area contributed by atoms with Crippen molar-refractivity contribution in [3.63, 3.8) is 0 Å². The molecule has 0 unspecified atom stereocenters. The minimum Gasteiger partial charge on any atom is -0.384 e. The highest BCUT2D eigenvalue weighted by Crippen LogP contribution is 2.59. The highest BCUT2D eigenvalue weighted by molar-refractivity contribution is 5.34. The maximum atomic E-state index is 11.7. The van der Waals surface area contributed by atoms with E-state index in [1.54, 1.807) is 0 Å². The Kier molecular flexibility index (Phi) is 3.94. The van der Waals surface area contributed by atoms with Crippen molar-refractivity contribution in [2.75, 3.05) is 0 Å². The van der Waals surface area contributed by atoms with Crippen molar-refractivity contribution in [1.82, 2.24) is 0 Å². The van der Waals surface area contributed by atoms with Crippen LogP contribution in [0.3, 0.4) is 0 Å². The first kappa shape index (κ1) is 15.8. The second-order valence-electron chi connectivity index (χ2n) is 7.36. The predicted molar refractivity (Wildman–Crippen MR) is 90.3 cm³/mol. The smallest absolute Gasteiger partial charge is 0.0977 e. The van der Waals surface area contributed by atoms with Gasteiger partial charge in [-0.05, 0) is 12.8 Å². The van der Waals surface area contributed by atoms with E-state index in [1.807, 2.05) is 36.5 Å². The SMILES string of the molecule is C[C@@H]1C=CC=C[C@]1(O)C1([C@@]2(O)C=CC=C[C@@H]2C)CCCCC1. The van der Waals surface area contributed by atoms with E-state index >= 15 is 0 Å². The van der Waals surface area contributed by atoms with Crippen LogP contribution in [0.4, 0.5) is 0 Å². The minimum absolute atomic E-state index is 0.00568. The zero-order chi connectivity index (χ0) is 15.8. The molecule has 1 fully saturated rings. The van der Waals surface area contributed by atoms with Crippen molar-refractivity contribution in [2.45, 2.75) is 57.2 Å². The van der Waals surface area contributed by atoms with E-state index in [0.717, 1.165) is 25.7 Å². The van der Waals surface area contributed by atoms with E-state index < -0.39 is 16.6 Å². The molecule has 0 amide bonds. The van der Waals surface area contributed by atoms with Gasteiger partial charge in [0.1, 0.15) is 0 Å². The Balaban J connectivity index is 2.13. The van der Waals surface area contributed by atoms with E-state index in [1.165, 1.54) is 6.42 Å². The second-order valence-corrected chi connectivity index (χ2v) is 7.36. The van der Waals surface area contributed by atoms with E-state index in [9.17, 15) is 10.2 Å². The lowest BCUT2D eigenvalue weighted by molar-refractivity contribution is -0.197. The third-order valence-electron chi connectivity index (χ3n) is 6.35. The number of allylic oxidation sites excluding steroid dienone is 4. The molecule has 0 saturated heterocycles. The summed E-state index contributed by atoms with van der Waals surface area (Å²) in [6, 6.07) is 0. The molecule has 3 aliphatic rings. The summed E-state index contributed by atoms with van der Waals surface area (Å²) in [4.78, 5) is 0. The van der Waals surface area contributed by atoms with Crippen LogP contribution in [0.15, 0.2) is 48.6 Å². The fourth-order valence-electron chi connectivity index (χ4n) is 4.93. The normalized spacial score (nSPS) is 43.5. The van der Waals surface area contributed by atoms with Crippen molar-refractivity contribution in [3.05, 3.63) is 48.6 Å². The Hall–Kier alpha value is -1.12. The van der Waals surface area contributed by atoms with Crippen LogP contribution in [-0.4, -0.2) is 21.4 Å². The van der Waals surface area contributed by atoms with Crippen molar-refractivity contribution in [1.29, 1.82) is 0 Å². The van der Waals surface area contributed by atoms with E-state index in [0.29, 0.717) is 0 Å². The molecule has 0 aromatic carbocycles. The minimum atomic E-state index is -0.999. The van der Waals surface area contributed by atoms with Gasteiger partial charge in [0.2, 0.25) is 0 Å². The Morgan fingerprint density at radius 3 is 1.59 bits per heavy atom. The van der Waals surface area contributed by atoms with Crippen LogP contribution >= 0.6 is 0 Å². The van der Waals surface area contributed by atoms with Gasteiger partial charge in [-0.1, -0.05) is 81.7 Å². The summed E-state index contributed by atoms with van der Waals surface area (Å²) >= 11 is 0. The van der Waals surface area contributed by atoms with Gasteiger partial charge in [-0.15, -0.1) is 0 Å². The zero-order valence-corrected chi connectivity index (χ0v) is 13.7.